The van der Waals surface area contributed by atoms with Crippen molar-refractivity contribution in [1.82, 2.24) is 9.97 Å². The van der Waals surface area contributed by atoms with Gasteiger partial charge in [0.05, 0.1) is 0 Å². The van der Waals surface area contributed by atoms with E-state index in [1.54, 1.807) is 31.2 Å². The maximum atomic E-state index is 12.4. The van der Waals surface area contributed by atoms with E-state index >= 15 is 0 Å². The Morgan fingerprint density at radius 2 is 1.65 bits per heavy atom. The van der Waals surface area contributed by atoms with E-state index in [-0.39, 0.29) is 17.1 Å². The first-order valence-corrected chi connectivity index (χ1v) is 7.79. The molecule has 1 aromatic heterocycles. The number of aryl methyl sites for hydroxylation is 1. The van der Waals surface area contributed by atoms with Crippen LogP contribution < -0.4 is 10.6 Å². The molecule has 1 amide bonds. The van der Waals surface area contributed by atoms with Crippen molar-refractivity contribution < 1.29 is 4.79 Å². The lowest BCUT2D eigenvalue weighted by molar-refractivity contribution is 0.102. The van der Waals surface area contributed by atoms with Gasteiger partial charge in [-0.3, -0.25) is 4.79 Å². The Hall–Kier alpha value is -1.85. The predicted molar refractivity (Wildman–Crippen MR) is 94.6 cm³/mol. The second-order valence-corrected chi connectivity index (χ2v) is 7.05. The number of nitrogens with zero attached hydrogens (tertiary/aromatic N) is 2. The van der Waals surface area contributed by atoms with Gasteiger partial charge >= 0.3 is 0 Å². The van der Waals surface area contributed by atoms with Crippen molar-refractivity contribution in [2.24, 2.45) is 0 Å². The largest absolute Gasteiger partial charge is 0.365 e. The fourth-order valence-corrected chi connectivity index (χ4v) is 2.48. The summed E-state index contributed by atoms with van der Waals surface area (Å²) in [7, 11) is 0. The monoisotopic (exact) mass is 352 g/mol. The van der Waals surface area contributed by atoms with Gasteiger partial charge in [0.25, 0.3) is 5.91 Å². The number of carbonyl (C=O) groups excluding carboxylic acids is 1. The minimum atomic E-state index is -0.356. The normalized spacial score (nSPS) is 11.2. The molecule has 0 aliphatic rings. The lowest BCUT2D eigenvalue weighted by Crippen LogP contribution is -2.27. The summed E-state index contributed by atoms with van der Waals surface area (Å²) in [6, 6.07) is 6.44. The molecule has 2 N–H and O–H groups in total. The van der Waals surface area contributed by atoms with E-state index in [1.807, 2.05) is 20.8 Å². The van der Waals surface area contributed by atoms with Gasteiger partial charge in [0.1, 0.15) is 17.3 Å². The number of anilines is 2. The van der Waals surface area contributed by atoms with Crippen molar-refractivity contribution in [3.8, 4) is 0 Å². The average Bonchev–Trinajstić information content (AvgIpc) is 2.34. The fraction of sp³-hybridized carbons (Fsp3) is 0.312. The van der Waals surface area contributed by atoms with E-state index in [2.05, 4.69) is 20.6 Å². The van der Waals surface area contributed by atoms with E-state index in [0.29, 0.717) is 27.4 Å². The molecule has 0 spiro atoms. The molecule has 0 saturated carbocycles. The van der Waals surface area contributed by atoms with Crippen LogP contribution in [0.5, 0.6) is 0 Å². The molecular formula is C16H18Cl2N4O. The Morgan fingerprint density at radius 3 is 2.22 bits per heavy atom. The van der Waals surface area contributed by atoms with E-state index in [9.17, 15) is 4.79 Å². The van der Waals surface area contributed by atoms with Crippen LogP contribution in [0.1, 0.15) is 37.1 Å². The van der Waals surface area contributed by atoms with Crippen LogP contribution in [0.25, 0.3) is 0 Å². The number of hydrogen-bond acceptors (Lipinski definition) is 4. The lowest BCUT2D eigenvalue weighted by Gasteiger charge is -2.21. The molecule has 1 heterocycles. The van der Waals surface area contributed by atoms with Crippen LogP contribution in [0.15, 0.2) is 24.3 Å². The van der Waals surface area contributed by atoms with Crippen LogP contribution in [0.2, 0.25) is 10.0 Å². The molecule has 0 aliphatic carbocycles. The van der Waals surface area contributed by atoms with Gasteiger partial charge in [0, 0.05) is 27.3 Å². The van der Waals surface area contributed by atoms with Crippen molar-refractivity contribution in [3.05, 3.63) is 45.8 Å². The predicted octanol–water partition coefficient (Wildman–Crippen LogP) is 4.55. The van der Waals surface area contributed by atoms with Gasteiger partial charge in [0.2, 0.25) is 0 Å². The van der Waals surface area contributed by atoms with Gasteiger partial charge in [-0.2, -0.15) is 0 Å². The number of carbonyl (C=O) groups is 1. The molecule has 5 nitrogen and oxygen atoms in total. The number of hydrogen-bond donors (Lipinski definition) is 2. The van der Waals surface area contributed by atoms with Crippen LogP contribution in [0.4, 0.5) is 11.5 Å². The third-order valence-electron chi connectivity index (χ3n) is 2.69. The zero-order valence-corrected chi connectivity index (χ0v) is 14.9. The first-order chi connectivity index (χ1) is 10.6. The molecule has 1 aromatic carbocycles. The molecule has 0 fully saturated rings. The second kappa shape index (κ2) is 6.72. The minimum Gasteiger partial charge on any atom is -0.365 e. The first kappa shape index (κ1) is 17.5. The Bertz CT molecular complexity index is 721. The molecule has 0 saturated heterocycles. The Labute approximate surface area is 145 Å². The Morgan fingerprint density at radius 1 is 1.04 bits per heavy atom. The fourth-order valence-electron chi connectivity index (χ4n) is 1.95. The summed E-state index contributed by atoms with van der Waals surface area (Å²) in [5.41, 5.74) is 0.601. The van der Waals surface area contributed by atoms with Crippen LogP contribution in [-0.4, -0.2) is 21.4 Å². The molecule has 2 aromatic rings. The van der Waals surface area contributed by atoms with Gasteiger partial charge in [-0.15, -0.1) is 0 Å². The molecule has 0 bridgehead atoms. The highest BCUT2D eigenvalue weighted by atomic mass is 35.5. The highest BCUT2D eigenvalue weighted by Crippen LogP contribution is 2.23. The van der Waals surface area contributed by atoms with E-state index in [0.717, 1.165) is 0 Å². The van der Waals surface area contributed by atoms with Crippen LogP contribution in [0, 0.1) is 6.92 Å². The number of aromatic nitrogens is 2. The summed E-state index contributed by atoms with van der Waals surface area (Å²) in [4.78, 5) is 20.9. The number of rotatable bonds is 3. The van der Waals surface area contributed by atoms with Gasteiger partial charge in [-0.1, -0.05) is 23.2 Å². The van der Waals surface area contributed by atoms with Crippen molar-refractivity contribution in [3.63, 3.8) is 0 Å². The van der Waals surface area contributed by atoms with Crippen molar-refractivity contribution in [2.75, 3.05) is 10.6 Å². The third-order valence-corrected chi connectivity index (χ3v) is 3.13. The minimum absolute atomic E-state index is 0.172. The molecule has 23 heavy (non-hydrogen) atoms. The standard InChI is InChI=1S/C16H18Cl2N4O/c1-9-19-13(8-14(20-9)22-16(2,3)4)15(23)21-12-6-10(17)5-11(18)7-12/h5-8H,1-4H3,(H,21,23)(H,19,20,22). The summed E-state index contributed by atoms with van der Waals surface area (Å²) in [6.45, 7) is 7.77. The topological polar surface area (TPSA) is 66.9 Å². The van der Waals surface area contributed by atoms with E-state index in [1.165, 1.54) is 0 Å². The SMILES string of the molecule is Cc1nc(NC(C)(C)C)cc(C(=O)Nc2cc(Cl)cc(Cl)c2)n1. The number of nitrogens with one attached hydrogen (secondary N) is 2. The van der Waals surface area contributed by atoms with Gasteiger partial charge < -0.3 is 10.6 Å². The average molecular weight is 353 g/mol. The highest BCUT2D eigenvalue weighted by Gasteiger charge is 2.15. The molecule has 122 valence electrons. The summed E-state index contributed by atoms with van der Waals surface area (Å²) in [6.07, 6.45) is 0. The summed E-state index contributed by atoms with van der Waals surface area (Å²) in [5, 5.41) is 6.85. The highest BCUT2D eigenvalue weighted by molar-refractivity contribution is 6.35. The van der Waals surface area contributed by atoms with Crippen LogP contribution in [0.3, 0.4) is 0 Å². The van der Waals surface area contributed by atoms with Crippen LogP contribution in [-0.2, 0) is 0 Å². The van der Waals surface area contributed by atoms with E-state index < -0.39 is 0 Å². The molecule has 0 aliphatic heterocycles. The summed E-state index contributed by atoms with van der Waals surface area (Å²) < 4.78 is 0. The zero-order chi connectivity index (χ0) is 17.2. The number of halogens is 2. The zero-order valence-electron chi connectivity index (χ0n) is 13.4. The first-order valence-electron chi connectivity index (χ1n) is 7.04. The van der Waals surface area contributed by atoms with Crippen molar-refractivity contribution in [1.29, 1.82) is 0 Å². The van der Waals surface area contributed by atoms with Gasteiger partial charge in [0.15, 0.2) is 0 Å². The molecule has 7 heteroatoms. The molecule has 0 unspecified atom stereocenters. The molecule has 2 rings (SSSR count). The second-order valence-electron chi connectivity index (χ2n) is 6.17. The number of amides is 1. The summed E-state index contributed by atoms with van der Waals surface area (Å²) >= 11 is 11.9. The molecule has 0 radical (unpaired) electrons. The Balaban J connectivity index is 2.25. The molecular weight excluding hydrogens is 335 g/mol. The number of benzene rings is 1. The Kier molecular flexibility index (Phi) is 5.12. The lowest BCUT2D eigenvalue weighted by atomic mass is 10.1. The van der Waals surface area contributed by atoms with E-state index in [4.69, 9.17) is 23.2 Å². The van der Waals surface area contributed by atoms with Gasteiger partial charge in [-0.05, 0) is 45.9 Å². The third kappa shape index (κ3) is 5.37. The quantitative estimate of drug-likeness (QED) is 0.849. The smallest absolute Gasteiger partial charge is 0.274 e. The maximum Gasteiger partial charge on any atom is 0.274 e. The summed E-state index contributed by atoms with van der Waals surface area (Å²) in [5.74, 6) is 0.749. The van der Waals surface area contributed by atoms with Crippen molar-refractivity contribution >= 4 is 40.6 Å². The molecule has 0 atom stereocenters. The maximum absolute atomic E-state index is 12.4. The van der Waals surface area contributed by atoms with Gasteiger partial charge in [-0.25, -0.2) is 9.97 Å². The van der Waals surface area contributed by atoms with Crippen molar-refractivity contribution in [2.45, 2.75) is 33.2 Å². The van der Waals surface area contributed by atoms with Crippen LogP contribution >= 0.6 is 23.2 Å².